The Morgan fingerprint density at radius 1 is 0.931 bits per heavy atom. The summed E-state index contributed by atoms with van der Waals surface area (Å²) < 4.78 is 68.8. The van der Waals surface area contributed by atoms with Gasteiger partial charge in [-0.1, -0.05) is 6.92 Å². The number of fused-ring (bicyclic) bond motifs is 5. The summed E-state index contributed by atoms with van der Waals surface area (Å²) in [4.78, 5) is 87.6. The summed E-state index contributed by atoms with van der Waals surface area (Å²) in [6.07, 6.45) is -10.9. The van der Waals surface area contributed by atoms with E-state index in [1.54, 1.807) is 0 Å². The van der Waals surface area contributed by atoms with Crippen molar-refractivity contribution in [1.82, 2.24) is 39.3 Å². The van der Waals surface area contributed by atoms with Crippen LogP contribution in [0, 0.1) is 5.92 Å². The van der Waals surface area contributed by atoms with Gasteiger partial charge in [0.25, 0.3) is 5.56 Å². The molecule has 5 fully saturated rings. The molecule has 5 aliphatic rings. The predicted octanol–water partition coefficient (Wildman–Crippen LogP) is -2.47. The summed E-state index contributed by atoms with van der Waals surface area (Å²) in [5.74, 6) is -2.07. The highest BCUT2D eigenvalue weighted by Crippen LogP contribution is 2.56. The SMILES string of the molecule is C[C@@H]1C(=O)NC(=O)N2[C@@H]1[C@H](OP(=O)(O)O[C@H]1C[C@H](n3ccc(N)nc3=O)O[C@@H]1CO)[C@H]1O[C@@H]2C[C@@H]1OP(=O)(O)OC[C@H]1O[C@@H](n2cnc3c(=O)[nH]c(N)nc32)C[C@@H]1O. The number of phosphoric ester groups is 2. The molecule has 2 unspecified atom stereocenters. The van der Waals surface area contributed by atoms with Gasteiger partial charge in [-0.05, 0) is 6.07 Å². The number of nitrogens with zero attached hydrogens (tertiary/aromatic N) is 6. The number of hydrogen-bond donors (Lipinski definition) is 8. The largest absolute Gasteiger partial charge is 0.472 e. The molecule has 5 saturated heterocycles. The van der Waals surface area contributed by atoms with Crippen LogP contribution in [0.3, 0.4) is 0 Å². The van der Waals surface area contributed by atoms with Crippen molar-refractivity contribution in [1.29, 1.82) is 0 Å². The number of nitrogens with two attached hydrogens (primary N) is 2. The van der Waals surface area contributed by atoms with Crippen LogP contribution >= 0.6 is 15.6 Å². The van der Waals surface area contributed by atoms with Crippen molar-refractivity contribution in [2.45, 2.75) is 93.6 Å². The van der Waals surface area contributed by atoms with Gasteiger partial charge < -0.3 is 45.7 Å². The molecule has 2 bridgehead atoms. The van der Waals surface area contributed by atoms with Crippen LogP contribution in [0.25, 0.3) is 11.2 Å². The highest BCUT2D eigenvalue weighted by molar-refractivity contribution is 7.47. The summed E-state index contributed by atoms with van der Waals surface area (Å²) in [5, 5.41) is 22.9. The van der Waals surface area contributed by atoms with Gasteiger partial charge in [0, 0.05) is 25.5 Å². The van der Waals surface area contributed by atoms with Crippen LogP contribution in [0.2, 0.25) is 0 Å². The second kappa shape index (κ2) is 15.1. The Labute approximate surface area is 324 Å². The number of urea groups is 1. The first-order chi connectivity index (χ1) is 27.4. The van der Waals surface area contributed by atoms with Crippen molar-refractivity contribution >= 4 is 50.5 Å². The van der Waals surface area contributed by atoms with Crippen LogP contribution < -0.4 is 28.0 Å². The minimum Gasteiger partial charge on any atom is -0.394 e. The van der Waals surface area contributed by atoms with Gasteiger partial charge in [0.05, 0.1) is 37.6 Å². The number of rotatable bonds is 12. The second-order valence-corrected chi connectivity index (χ2v) is 16.9. The molecule has 316 valence electrons. The number of aliphatic hydroxyl groups excluding tert-OH is 2. The molecule has 5 aliphatic heterocycles. The van der Waals surface area contributed by atoms with Crippen molar-refractivity contribution in [3.05, 3.63) is 39.4 Å². The lowest BCUT2D eigenvalue weighted by molar-refractivity contribution is -0.185. The number of nitrogen functional groups attached to an aromatic ring is 2. The molecule has 3 aromatic heterocycles. The number of H-pyrrole nitrogens is 1. The number of phosphoric acid groups is 2. The van der Waals surface area contributed by atoms with Crippen LogP contribution in [0.15, 0.2) is 28.2 Å². The zero-order valence-corrected chi connectivity index (χ0v) is 31.8. The van der Waals surface area contributed by atoms with Gasteiger partial charge in [0.2, 0.25) is 11.9 Å². The normalized spacial score (nSPS) is 35.5. The minimum atomic E-state index is -5.28. The van der Waals surface area contributed by atoms with Crippen molar-refractivity contribution in [3.63, 3.8) is 0 Å². The predicted molar refractivity (Wildman–Crippen MR) is 187 cm³/mol. The molecular formula is C29H38N10O17P2. The number of carbonyl (C=O) groups is 2. The number of aromatic nitrogens is 6. The Balaban J connectivity index is 0.971. The van der Waals surface area contributed by atoms with E-state index >= 15 is 0 Å². The van der Waals surface area contributed by atoms with Crippen LogP contribution in [-0.4, -0.2) is 134 Å². The zero-order chi connectivity index (χ0) is 41.4. The molecule has 27 nitrogen and oxygen atoms in total. The standard InChI is InChI=1S/C29H38N10O17P2/c1-10-21-23(56-58(48,49)54-12-5-18(51-14(12)7-40)37-3-2-16(30)33-28(37)44)22-13(6-19(53-22)39(21)29(45)36-25(10)42)55-57(46,47)50-8-15-11(41)4-17(52-15)38-9-32-20-24(38)34-27(31)35-26(20)43/h2-3,9-15,17-19,21-23,40-41H,4-8H2,1H3,(H,46,47)(H,48,49)(H2,30,33,44)(H,36,42,45)(H3,31,34,35,43)/t10-,11-,12-,13-,14+,15+,17+,18+,19+,21-,22-,23-/m0/s1. The Bertz CT molecular complexity index is 2330. The quantitative estimate of drug-likeness (QED) is 0.0874. The molecule has 3 amide bonds. The van der Waals surface area contributed by atoms with Gasteiger partial charge in [-0.2, -0.15) is 9.97 Å². The lowest BCUT2D eigenvalue weighted by atomic mass is 9.89. The highest BCUT2D eigenvalue weighted by atomic mass is 31.2. The number of imidazole rings is 1. The number of ether oxygens (including phenoxy) is 3. The number of aromatic amines is 1. The second-order valence-electron chi connectivity index (χ2n) is 14.2. The first-order valence-corrected chi connectivity index (χ1v) is 20.7. The van der Waals surface area contributed by atoms with Crippen LogP contribution in [0.1, 0.15) is 38.6 Å². The van der Waals surface area contributed by atoms with Gasteiger partial charge in [0.1, 0.15) is 61.1 Å². The minimum absolute atomic E-state index is 0.0382. The molecule has 0 aromatic carbocycles. The summed E-state index contributed by atoms with van der Waals surface area (Å²) >= 11 is 0. The van der Waals surface area contributed by atoms with E-state index in [0.29, 0.717) is 0 Å². The van der Waals surface area contributed by atoms with E-state index in [-0.39, 0.29) is 42.2 Å². The molecule has 0 aliphatic carbocycles. The average Bonchev–Trinajstić information content (AvgIpc) is 3.92. The molecule has 14 atom stereocenters. The summed E-state index contributed by atoms with van der Waals surface area (Å²) in [6, 6.07) is -0.895. The van der Waals surface area contributed by atoms with Crippen molar-refractivity contribution in [2.24, 2.45) is 5.92 Å². The number of nitrogens with one attached hydrogen (secondary N) is 2. The van der Waals surface area contributed by atoms with Crippen molar-refractivity contribution in [2.75, 3.05) is 24.7 Å². The van der Waals surface area contributed by atoms with E-state index < -0.39 is 125 Å². The Morgan fingerprint density at radius 2 is 1.64 bits per heavy atom. The molecule has 0 spiro atoms. The molecule has 8 rings (SSSR count). The number of aliphatic hydroxyl groups is 2. The maximum atomic E-state index is 13.7. The van der Waals surface area contributed by atoms with Gasteiger partial charge >= 0.3 is 27.4 Å². The number of hydrogen-bond acceptors (Lipinski definition) is 20. The van der Waals surface area contributed by atoms with Gasteiger partial charge in [0.15, 0.2) is 11.2 Å². The molecule has 3 aromatic rings. The highest BCUT2D eigenvalue weighted by Gasteiger charge is 2.62. The van der Waals surface area contributed by atoms with E-state index in [1.807, 2.05) is 0 Å². The molecule has 0 radical (unpaired) electrons. The van der Waals surface area contributed by atoms with E-state index in [2.05, 4.69) is 25.3 Å². The number of amides is 3. The first kappa shape index (κ1) is 40.6. The number of imide groups is 1. The van der Waals surface area contributed by atoms with Crippen LogP contribution in [0.5, 0.6) is 0 Å². The van der Waals surface area contributed by atoms with Crippen molar-refractivity contribution in [3.8, 4) is 0 Å². The summed E-state index contributed by atoms with van der Waals surface area (Å²) in [6.45, 7) is 0.0226. The van der Waals surface area contributed by atoms with E-state index in [0.717, 1.165) is 9.47 Å². The third-order valence-electron chi connectivity index (χ3n) is 10.5. The lowest BCUT2D eigenvalue weighted by Crippen LogP contribution is -2.69. The molecule has 0 saturated carbocycles. The van der Waals surface area contributed by atoms with E-state index in [1.165, 1.54) is 30.1 Å². The maximum Gasteiger partial charge on any atom is 0.472 e. The fraction of sp³-hybridized carbons (Fsp3) is 0.621. The van der Waals surface area contributed by atoms with E-state index in [9.17, 15) is 48.3 Å². The Morgan fingerprint density at radius 3 is 2.38 bits per heavy atom. The maximum absolute atomic E-state index is 13.7. The fourth-order valence-electron chi connectivity index (χ4n) is 7.83. The Kier molecular flexibility index (Phi) is 10.6. The molecule has 10 N–H and O–H groups in total. The molecular weight excluding hydrogens is 822 g/mol. The smallest absolute Gasteiger partial charge is 0.394 e. The first-order valence-electron chi connectivity index (χ1n) is 17.7. The van der Waals surface area contributed by atoms with Crippen LogP contribution in [0.4, 0.5) is 16.6 Å². The topological polar surface area (TPSA) is 380 Å². The third kappa shape index (κ3) is 7.58. The number of carbonyl (C=O) groups excluding carboxylic acids is 2. The van der Waals surface area contributed by atoms with Crippen molar-refractivity contribution < 1.29 is 71.0 Å². The summed E-state index contributed by atoms with van der Waals surface area (Å²) in [7, 11) is -10.4. The Hall–Kier alpha value is -4.21. The number of anilines is 2. The lowest BCUT2D eigenvalue weighted by Gasteiger charge is -2.49. The van der Waals surface area contributed by atoms with E-state index in [4.69, 9.17) is 43.8 Å². The average molecular weight is 861 g/mol. The molecule has 58 heavy (non-hydrogen) atoms. The van der Waals surface area contributed by atoms with Crippen LogP contribution in [-0.2, 0) is 46.2 Å². The van der Waals surface area contributed by atoms with Gasteiger partial charge in [-0.3, -0.25) is 52.0 Å². The third-order valence-corrected chi connectivity index (χ3v) is 12.5. The molecule has 8 heterocycles. The van der Waals surface area contributed by atoms with Gasteiger partial charge in [-0.15, -0.1) is 0 Å². The van der Waals surface area contributed by atoms with Gasteiger partial charge in [-0.25, -0.2) is 23.7 Å². The zero-order valence-electron chi connectivity index (χ0n) is 30.0. The fourth-order valence-corrected chi connectivity index (χ4v) is 9.94. The monoisotopic (exact) mass is 860 g/mol. The molecule has 29 heteroatoms. The summed E-state index contributed by atoms with van der Waals surface area (Å²) in [5.41, 5.74) is 9.85.